The molecule has 8 heteroatoms. The lowest BCUT2D eigenvalue weighted by atomic mass is 10.0. The molecular weight excluding hydrogens is 450 g/mol. The van der Waals surface area contributed by atoms with Crippen LogP contribution in [0.3, 0.4) is 0 Å². The van der Waals surface area contributed by atoms with Crippen LogP contribution in [-0.4, -0.2) is 17.1 Å². The van der Waals surface area contributed by atoms with E-state index in [2.05, 4.69) is 15.3 Å². The predicted molar refractivity (Wildman–Crippen MR) is 137 cm³/mol. The number of benzene rings is 3. The molecule has 34 heavy (non-hydrogen) atoms. The summed E-state index contributed by atoms with van der Waals surface area (Å²) in [6, 6.07) is 23.4. The first-order valence-electron chi connectivity index (χ1n) is 10.7. The maximum atomic E-state index is 6.23. The highest BCUT2D eigenvalue weighted by molar-refractivity contribution is 6.30. The number of rotatable bonds is 9. The molecule has 0 spiro atoms. The van der Waals surface area contributed by atoms with Crippen LogP contribution in [0, 0.1) is 0 Å². The molecule has 4 rings (SSSR count). The van der Waals surface area contributed by atoms with Crippen LogP contribution in [-0.2, 0) is 24.5 Å². The Morgan fingerprint density at radius 1 is 0.882 bits per heavy atom. The van der Waals surface area contributed by atoms with Crippen molar-refractivity contribution in [1.82, 2.24) is 9.97 Å². The molecule has 4 aromatic rings. The molecule has 0 bridgehead atoms. The Hall–Kier alpha value is -3.81. The Bertz CT molecular complexity index is 1250. The number of nitrogen functional groups attached to an aromatic ring is 2. The summed E-state index contributed by atoms with van der Waals surface area (Å²) >= 11 is 5.95. The lowest BCUT2D eigenvalue weighted by Crippen LogP contribution is -2.08. The van der Waals surface area contributed by atoms with Crippen LogP contribution in [0.1, 0.15) is 16.8 Å². The largest absolute Gasteiger partial charge is 0.496 e. The van der Waals surface area contributed by atoms with Crippen molar-refractivity contribution >= 4 is 29.1 Å². The monoisotopic (exact) mass is 475 g/mol. The van der Waals surface area contributed by atoms with Crippen LogP contribution < -0.4 is 21.5 Å². The Morgan fingerprint density at radius 3 is 2.35 bits per heavy atom. The quantitative estimate of drug-likeness (QED) is 0.301. The van der Waals surface area contributed by atoms with E-state index in [9.17, 15) is 0 Å². The van der Waals surface area contributed by atoms with E-state index in [1.807, 2.05) is 72.8 Å². The molecule has 0 aliphatic heterocycles. The van der Waals surface area contributed by atoms with E-state index in [0.717, 1.165) is 33.1 Å². The Kier molecular flexibility index (Phi) is 7.47. The second-order valence-corrected chi connectivity index (χ2v) is 8.09. The summed E-state index contributed by atoms with van der Waals surface area (Å²) in [7, 11) is 1.64. The third-order valence-corrected chi connectivity index (χ3v) is 5.55. The first kappa shape index (κ1) is 23.4. The van der Waals surface area contributed by atoms with Gasteiger partial charge in [0, 0.05) is 28.4 Å². The van der Waals surface area contributed by atoms with Gasteiger partial charge in [-0.15, -0.1) is 0 Å². The van der Waals surface area contributed by atoms with E-state index >= 15 is 0 Å². The Morgan fingerprint density at radius 2 is 1.62 bits per heavy atom. The van der Waals surface area contributed by atoms with Crippen LogP contribution in [0.25, 0.3) is 11.1 Å². The summed E-state index contributed by atoms with van der Waals surface area (Å²) in [6.07, 6.45) is 0. The molecule has 0 aliphatic carbocycles. The van der Waals surface area contributed by atoms with E-state index < -0.39 is 0 Å². The molecule has 0 saturated carbocycles. The summed E-state index contributed by atoms with van der Waals surface area (Å²) in [5, 5.41) is 4.12. The fourth-order valence-corrected chi connectivity index (χ4v) is 3.73. The van der Waals surface area contributed by atoms with Crippen LogP contribution in [0.5, 0.6) is 5.75 Å². The number of ether oxygens (including phenoxy) is 2. The average Bonchev–Trinajstić information content (AvgIpc) is 2.84. The number of nitrogens with zero attached hydrogens (tertiary/aromatic N) is 2. The van der Waals surface area contributed by atoms with Gasteiger partial charge in [0.15, 0.2) is 0 Å². The number of hydrogen-bond donors (Lipinski definition) is 3. The Labute approximate surface area is 203 Å². The zero-order valence-electron chi connectivity index (χ0n) is 18.8. The van der Waals surface area contributed by atoms with Crippen LogP contribution in [0.4, 0.5) is 17.5 Å². The minimum Gasteiger partial charge on any atom is -0.496 e. The van der Waals surface area contributed by atoms with Crippen molar-refractivity contribution < 1.29 is 9.47 Å². The van der Waals surface area contributed by atoms with Gasteiger partial charge in [0.2, 0.25) is 5.95 Å². The first-order chi connectivity index (χ1) is 16.5. The molecule has 3 aromatic carbocycles. The number of para-hydroxylation sites is 1. The SMILES string of the molecule is COc1ccccc1COCc1nc(N)nc(N)c1-c1ccc(NCc2ccc(Cl)cc2)cc1. The third kappa shape index (κ3) is 5.75. The normalized spacial score (nSPS) is 10.8. The number of hydrogen-bond acceptors (Lipinski definition) is 7. The topological polar surface area (TPSA) is 108 Å². The van der Waals surface area contributed by atoms with Crippen LogP contribution in [0.15, 0.2) is 72.8 Å². The van der Waals surface area contributed by atoms with Crippen molar-refractivity contribution in [3.05, 3.63) is 94.6 Å². The molecule has 7 nitrogen and oxygen atoms in total. The van der Waals surface area contributed by atoms with E-state index in [4.69, 9.17) is 32.5 Å². The van der Waals surface area contributed by atoms with Gasteiger partial charge in [-0.1, -0.05) is 54.1 Å². The molecule has 0 radical (unpaired) electrons. The highest BCUT2D eigenvalue weighted by atomic mass is 35.5. The standard InChI is InChI=1S/C26H26ClN5O2/c1-33-23-5-3-2-4-19(23)15-34-16-22-24(25(28)32-26(29)31-22)18-8-12-21(13-9-18)30-14-17-6-10-20(27)11-7-17/h2-13,30H,14-16H2,1H3,(H4,28,29,31,32). The highest BCUT2D eigenvalue weighted by Gasteiger charge is 2.14. The van der Waals surface area contributed by atoms with Crippen molar-refractivity contribution in [3.8, 4) is 16.9 Å². The molecule has 5 N–H and O–H groups in total. The number of methoxy groups -OCH3 is 1. The van der Waals surface area contributed by atoms with Gasteiger partial charge in [-0.2, -0.15) is 4.98 Å². The fraction of sp³-hybridized carbons (Fsp3) is 0.154. The van der Waals surface area contributed by atoms with E-state index in [0.29, 0.717) is 30.2 Å². The van der Waals surface area contributed by atoms with Gasteiger partial charge in [-0.3, -0.25) is 0 Å². The summed E-state index contributed by atoms with van der Waals surface area (Å²) in [5.41, 5.74) is 17.4. The third-order valence-electron chi connectivity index (χ3n) is 5.30. The molecular formula is C26H26ClN5O2. The molecule has 0 saturated heterocycles. The fourth-order valence-electron chi connectivity index (χ4n) is 3.61. The number of nitrogens with two attached hydrogens (primary N) is 2. The van der Waals surface area contributed by atoms with E-state index in [1.54, 1.807) is 7.11 Å². The van der Waals surface area contributed by atoms with Crippen LogP contribution >= 0.6 is 11.6 Å². The smallest absolute Gasteiger partial charge is 0.222 e. The maximum absolute atomic E-state index is 6.23. The summed E-state index contributed by atoms with van der Waals surface area (Å²) in [5.74, 6) is 1.19. The minimum absolute atomic E-state index is 0.110. The number of nitrogens with one attached hydrogen (secondary N) is 1. The van der Waals surface area contributed by atoms with Crippen molar-refractivity contribution in [2.45, 2.75) is 19.8 Å². The summed E-state index contributed by atoms with van der Waals surface area (Å²) in [6.45, 7) is 1.27. The first-order valence-corrected chi connectivity index (χ1v) is 11.1. The number of halogens is 1. The van der Waals surface area contributed by atoms with Gasteiger partial charge in [-0.25, -0.2) is 4.98 Å². The van der Waals surface area contributed by atoms with E-state index in [-0.39, 0.29) is 12.6 Å². The van der Waals surface area contributed by atoms with Gasteiger partial charge >= 0.3 is 0 Å². The molecule has 0 fully saturated rings. The van der Waals surface area contributed by atoms with Crippen molar-refractivity contribution in [2.75, 3.05) is 23.9 Å². The molecule has 1 aromatic heterocycles. The number of anilines is 3. The zero-order valence-corrected chi connectivity index (χ0v) is 19.5. The molecule has 174 valence electrons. The van der Waals surface area contributed by atoms with Gasteiger partial charge < -0.3 is 26.3 Å². The lowest BCUT2D eigenvalue weighted by molar-refractivity contribution is 0.103. The van der Waals surface area contributed by atoms with Gasteiger partial charge in [0.1, 0.15) is 11.6 Å². The Balaban J connectivity index is 1.48. The lowest BCUT2D eigenvalue weighted by Gasteiger charge is -2.14. The highest BCUT2D eigenvalue weighted by Crippen LogP contribution is 2.30. The second-order valence-electron chi connectivity index (χ2n) is 7.65. The van der Waals surface area contributed by atoms with Crippen LogP contribution in [0.2, 0.25) is 5.02 Å². The molecule has 0 atom stereocenters. The van der Waals surface area contributed by atoms with Crippen molar-refractivity contribution in [3.63, 3.8) is 0 Å². The molecule has 1 heterocycles. The molecule has 0 unspecified atom stereocenters. The number of aromatic nitrogens is 2. The maximum Gasteiger partial charge on any atom is 0.222 e. The van der Waals surface area contributed by atoms with Crippen molar-refractivity contribution in [2.24, 2.45) is 0 Å². The minimum atomic E-state index is 0.110. The average molecular weight is 476 g/mol. The van der Waals surface area contributed by atoms with Gasteiger partial charge in [-0.05, 0) is 41.5 Å². The molecule has 0 aliphatic rings. The van der Waals surface area contributed by atoms with E-state index in [1.165, 1.54) is 0 Å². The van der Waals surface area contributed by atoms with Gasteiger partial charge in [0.25, 0.3) is 0 Å². The second kappa shape index (κ2) is 10.9. The van der Waals surface area contributed by atoms with Crippen molar-refractivity contribution in [1.29, 1.82) is 0 Å². The van der Waals surface area contributed by atoms with Gasteiger partial charge in [0.05, 0.1) is 26.0 Å². The molecule has 0 amide bonds. The summed E-state index contributed by atoms with van der Waals surface area (Å²) < 4.78 is 11.3. The summed E-state index contributed by atoms with van der Waals surface area (Å²) in [4.78, 5) is 8.55. The zero-order chi connectivity index (χ0) is 23.9. The predicted octanol–water partition coefficient (Wildman–Crippen LogP) is 5.30.